The highest BCUT2D eigenvalue weighted by atomic mass is 16.7. The maximum atomic E-state index is 13.0. The Morgan fingerprint density at radius 3 is 1.41 bits per heavy atom. The van der Waals surface area contributed by atoms with Gasteiger partial charge in [-0.2, -0.15) is 0 Å². The number of carbonyl (C=O) groups excluding carboxylic acids is 2. The highest BCUT2D eigenvalue weighted by molar-refractivity contribution is 5.70. The molecule has 15 nitrogen and oxygen atoms in total. The fraction of sp³-hybridized carbons (Fsp3) is 0.782. The predicted molar refractivity (Wildman–Crippen MR) is 270 cm³/mol. The molecule has 2 saturated heterocycles. The summed E-state index contributed by atoms with van der Waals surface area (Å²) in [4.78, 5) is 25.8. The molecule has 4 unspecified atom stereocenters. The zero-order valence-electron chi connectivity index (χ0n) is 42.7. The summed E-state index contributed by atoms with van der Waals surface area (Å²) in [6.45, 7) is 2.45. The van der Waals surface area contributed by atoms with Crippen LogP contribution in [0.2, 0.25) is 0 Å². The van der Waals surface area contributed by atoms with Crippen molar-refractivity contribution in [1.29, 1.82) is 0 Å². The lowest BCUT2D eigenvalue weighted by atomic mass is 9.98. The second-order valence-electron chi connectivity index (χ2n) is 18.7. The van der Waals surface area contributed by atoms with Crippen LogP contribution < -0.4 is 0 Å². The van der Waals surface area contributed by atoms with Crippen molar-refractivity contribution in [1.82, 2.24) is 0 Å². The van der Waals surface area contributed by atoms with Crippen LogP contribution in [-0.2, 0) is 38.0 Å². The van der Waals surface area contributed by atoms with Crippen LogP contribution in [0.3, 0.4) is 0 Å². The van der Waals surface area contributed by atoms with Crippen LogP contribution in [0.1, 0.15) is 181 Å². The Hall–Kier alpha value is -2.80. The van der Waals surface area contributed by atoms with Gasteiger partial charge in [-0.25, -0.2) is 0 Å². The lowest BCUT2D eigenvalue weighted by Crippen LogP contribution is -2.61. The Balaban J connectivity index is 1.81. The van der Waals surface area contributed by atoms with E-state index in [9.17, 15) is 45.3 Å². The minimum absolute atomic E-state index is 0.125. The Morgan fingerprint density at radius 1 is 0.471 bits per heavy atom. The van der Waals surface area contributed by atoms with Crippen molar-refractivity contribution in [3.63, 3.8) is 0 Å². The smallest absolute Gasteiger partial charge is 0.306 e. The number of hydrogen-bond acceptors (Lipinski definition) is 15. The molecule has 2 aliphatic rings. The second kappa shape index (κ2) is 41.6. The number of hydrogen-bond donors (Lipinski definition) is 7. The van der Waals surface area contributed by atoms with Crippen LogP contribution in [0.15, 0.2) is 60.8 Å². The summed E-state index contributed by atoms with van der Waals surface area (Å²) in [5, 5.41) is 72.1. The molecule has 0 aliphatic carbocycles. The summed E-state index contributed by atoms with van der Waals surface area (Å²) in [7, 11) is 0. The van der Waals surface area contributed by atoms with Gasteiger partial charge in [-0.1, -0.05) is 171 Å². The average Bonchev–Trinajstić information content (AvgIpc) is 3.35. The number of unbranched alkanes of at least 4 members (excludes halogenated alkanes) is 17. The lowest BCUT2D eigenvalue weighted by Gasteiger charge is -2.42. The zero-order chi connectivity index (χ0) is 51.0. The fourth-order valence-electron chi connectivity index (χ4n) is 8.13. The van der Waals surface area contributed by atoms with E-state index in [-0.39, 0.29) is 19.4 Å². The van der Waals surface area contributed by atoms with E-state index >= 15 is 0 Å². The van der Waals surface area contributed by atoms with E-state index in [0.29, 0.717) is 12.8 Å². The number of carbonyl (C=O) groups is 2. The van der Waals surface area contributed by atoms with Crippen molar-refractivity contribution in [2.24, 2.45) is 0 Å². The van der Waals surface area contributed by atoms with E-state index in [0.717, 1.165) is 70.6 Å². The van der Waals surface area contributed by atoms with Gasteiger partial charge in [-0.3, -0.25) is 9.59 Å². The highest BCUT2D eigenvalue weighted by Crippen LogP contribution is 2.26. The predicted octanol–water partition coefficient (Wildman–Crippen LogP) is 8.05. The molecule has 0 amide bonds. The van der Waals surface area contributed by atoms with Crippen molar-refractivity contribution < 1.29 is 73.8 Å². The van der Waals surface area contributed by atoms with Crippen molar-refractivity contribution in [3.05, 3.63) is 60.8 Å². The van der Waals surface area contributed by atoms with Crippen molar-refractivity contribution in [3.8, 4) is 0 Å². The van der Waals surface area contributed by atoms with Crippen LogP contribution in [-0.4, -0.2) is 142 Å². The molecule has 0 aromatic heterocycles. The Labute approximate surface area is 420 Å². The molecule has 15 heteroatoms. The molecule has 404 valence electrons. The molecule has 2 heterocycles. The molecule has 11 atom stereocenters. The van der Waals surface area contributed by atoms with Crippen LogP contribution in [0.5, 0.6) is 0 Å². The number of allylic oxidation sites excluding steroid dienone is 10. The lowest BCUT2D eigenvalue weighted by molar-refractivity contribution is -0.332. The van der Waals surface area contributed by atoms with Gasteiger partial charge in [0.05, 0.1) is 19.8 Å². The van der Waals surface area contributed by atoms with Crippen molar-refractivity contribution >= 4 is 11.9 Å². The SMILES string of the molecule is CC/C=C/C/C=C/C/C=C/C/C=C/C/C=C/CCCCCC(=O)O[C@H](COC(=O)CCCCCCCCCCCCCCCCC)CO[C@H]1O[C@@H](CO[C@H]2O[C@@H](CO)[C@@H](O)C(O)C2O)[C@@H](O)C(O)C1O. The molecule has 70 heavy (non-hydrogen) atoms. The molecule has 0 aromatic carbocycles. The molecule has 2 rings (SSSR count). The summed E-state index contributed by atoms with van der Waals surface area (Å²) in [6, 6.07) is 0. The topological polar surface area (TPSA) is 231 Å². The monoisotopic (exact) mass is 995 g/mol. The normalized spacial score (nSPS) is 25.8. The maximum absolute atomic E-state index is 13.0. The molecular formula is C55H94O15. The molecule has 0 spiro atoms. The van der Waals surface area contributed by atoms with Gasteiger partial charge in [-0.15, -0.1) is 0 Å². The Morgan fingerprint density at radius 2 is 0.900 bits per heavy atom. The molecule has 0 radical (unpaired) electrons. The molecule has 2 aliphatic heterocycles. The van der Waals surface area contributed by atoms with Crippen LogP contribution in [0.4, 0.5) is 0 Å². The standard InChI is InChI=1S/C55H94O15/c1-3-5-7-9-11-13-15-17-19-20-21-22-24-26-28-30-32-34-36-38-47(58)68-43(40-65-46(57)37-35-33-31-29-27-25-23-18-16-14-12-10-8-6-4-2)41-66-54-53(64)51(62)49(60)45(70-54)42-67-55-52(63)50(61)48(59)44(39-56)69-55/h5,7,11,13,17,19,21-22,26,28,43-45,48-56,59-64H,3-4,6,8-10,12,14-16,18,20,23-25,27,29-42H2,1-2H3/b7-5+,13-11+,19-17+,22-21+,28-26+/t43-,44+,45+,48-,49-,50?,51?,52?,53?,54+,55+/m1/s1. The van der Waals surface area contributed by atoms with E-state index in [1.807, 2.05) is 0 Å². The number of aliphatic hydroxyl groups is 7. The number of aliphatic hydroxyl groups excluding tert-OH is 7. The van der Waals surface area contributed by atoms with Gasteiger partial charge in [0.1, 0.15) is 55.4 Å². The van der Waals surface area contributed by atoms with Gasteiger partial charge in [0.2, 0.25) is 0 Å². The minimum atomic E-state index is -1.77. The number of ether oxygens (including phenoxy) is 6. The van der Waals surface area contributed by atoms with Gasteiger partial charge in [-0.05, 0) is 57.8 Å². The van der Waals surface area contributed by atoms with Crippen LogP contribution in [0.25, 0.3) is 0 Å². The molecule has 0 bridgehead atoms. The minimum Gasteiger partial charge on any atom is -0.462 e. The largest absolute Gasteiger partial charge is 0.462 e. The van der Waals surface area contributed by atoms with E-state index in [2.05, 4.69) is 74.6 Å². The third kappa shape index (κ3) is 29.0. The first-order valence-electron chi connectivity index (χ1n) is 26.9. The molecular weight excluding hydrogens is 901 g/mol. The van der Waals surface area contributed by atoms with E-state index < -0.39 is 99.3 Å². The van der Waals surface area contributed by atoms with Crippen LogP contribution >= 0.6 is 0 Å². The maximum Gasteiger partial charge on any atom is 0.306 e. The quantitative estimate of drug-likeness (QED) is 0.0175. The van der Waals surface area contributed by atoms with Crippen molar-refractivity contribution in [2.75, 3.05) is 26.4 Å². The fourth-order valence-corrected chi connectivity index (χ4v) is 8.13. The van der Waals surface area contributed by atoms with Gasteiger partial charge >= 0.3 is 11.9 Å². The van der Waals surface area contributed by atoms with Crippen molar-refractivity contribution in [2.45, 2.75) is 248 Å². The third-order valence-electron chi connectivity index (χ3n) is 12.5. The summed E-state index contributed by atoms with van der Waals surface area (Å²) in [6.07, 6.45) is 31.0. The number of rotatable bonds is 41. The summed E-state index contributed by atoms with van der Waals surface area (Å²) >= 11 is 0. The summed E-state index contributed by atoms with van der Waals surface area (Å²) in [5.74, 6) is -0.961. The first-order valence-corrected chi connectivity index (χ1v) is 26.9. The summed E-state index contributed by atoms with van der Waals surface area (Å²) in [5.41, 5.74) is 0. The summed E-state index contributed by atoms with van der Waals surface area (Å²) < 4.78 is 33.6. The number of esters is 2. The highest BCUT2D eigenvalue weighted by Gasteiger charge is 2.47. The van der Waals surface area contributed by atoms with E-state index in [1.165, 1.54) is 70.6 Å². The Kier molecular flexibility index (Phi) is 37.7. The molecule has 0 aromatic rings. The van der Waals surface area contributed by atoms with Crippen LogP contribution in [0, 0.1) is 0 Å². The zero-order valence-corrected chi connectivity index (χ0v) is 42.7. The van der Waals surface area contributed by atoms with Gasteiger partial charge in [0, 0.05) is 12.8 Å². The molecule has 0 saturated carbocycles. The first-order chi connectivity index (χ1) is 34.0. The van der Waals surface area contributed by atoms with E-state index in [4.69, 9.17) is 28.4 Å². The first kappa shape index (κ1) is 63.3. The third-order valence-corrected chi connectivity index (χ3v) is 12.5. The molecule has 7 N–H and O–H groups in total. The van der Waals surface area contributed by atoms with Gasteiger partial charge < -0.3 is 64.2 Å². The molecule has 2 fully saturated rings. The average molecular weight is 995 g/mol. The van der Waals surface area contributed by atoms with Gasteiger partial charge in [0.25, 0.3) is 0 Å². The van der Waals surface area contributed by atoms with Gasteiger partial charge in [0.15, 0.2) is 18.7 Å². The Bertz CT molecular complexity index is 1450. The van der Waals surface area contributed by atoms with E-state index in [1.54, 1.807) is 0 Å². The second-order valence-corrected chi connectivity index (χ2v) is 18.7.